The molecule has 4 aromatic rings. The monoisotopic (exact) mass is 703 g/mol. The second kappa shape index (κ2) is 17.4. The number of amides is 1. The highest BCUT2D eigenvalue weighted by molar-refractivity contribution is 6.02. The summed E-state index contributed by atoms with van der Waals surface area (Å²) in [5, 5.41) is 20.4. The van der Waals surface area contributed by atoms with Gasteiger partial charge in [0.1, 0.15) is 40.6 Å². The first-order valence-electron chi connectivity index (χ1n) is 15.4. The SMILES string of the molecule is COc1ccc(CN(Cc2ccc(OC)cc2OC)C(=N)O/C(=C\[C@@H](C)c2cc(NC(=O)c3ccc(C#N)cn3)ccc2F)C(F)F)c(OC)c1. The number of ether oxygens (including phenoxy) is 5. The van der Waals surface area contributed by atoms with Crippen LogP contribution in [0, 0.1) is 22.6 Å². The van der Waals surface area contributed by atoms with Gasteiger partial charge in [0.25, 0.3) is 18.4 Å². The molecule has 0 aliphatic carbocycles. The number of nitrogens with zero attached hydrogens (tertiary/aromatic N) is 3. The van der Waals surface area contributed by atoms with Crippen molar-refractivity contribution >= 4 is 17.6 Å². The zero-order chi connectivity index (χ0) is 37.1. The zero-order valence-corrected chi connectivity index (χ0v) is 28.5. The van der Waals surface area contributed by atoms with E-state index < -0.39 is 35.8 Å². The fourth-order valence-corrected chi connectivity index (χ4v) is 5.00. The summed E-state index contributed by atoms with van der Waals surface area (Å²) in [6, 6.07) is 18.0. The van der Waals surface area contributed by atoms with Gasteiger partial charge in [0.2, 0.25) is 0 Å². The van der Waals surface area contributed by atoms with Crippen molar-refractivity contribution in [2.24, 2.45) is 0 Å². The molecule has 2 N–H and O–H groups in total. The molecule has 1 atom stereocenters. The molecule has 266 valence electrons. The van der Waals surface area contributed by atoms with Crippen molar-refractivity contribution in [2.75, 3.05) is 33.8 Å². The molecular weight excluding hydrogens is 667 g/mol. The second-order valence-electron chi connectivity index (χ2n) is 11.0. The van der Waals surface area contributed by atoms with Crippen LogP contribution in [-0.4, -0.2) is 56.7 Å². The largest absolute Gasteiger partial charge is 0.497 e. The van der Waals surface area contributed by atoms with Gasteiger partial charge in [-0.15, -0.1) is 0 Å². The Bertz CT molecular complexity index is 1870. The molecule has 0 radical (unpaired) electrons. The van der Waals surface area contributed by atoms with Gasteiger partial charge in [-0.3, -0.25) is 10.2 Å². The quantitative estimate of drug-likeness (QED) is 0.0788. The standard InChI is InChI=1S/C37H36F3N5O6/c1-22(29-15-26(9-12-30(29)38)44-36(46)31-13-6-23(18-41)19-43-31)14-34(35(39)40)51-37(42)45(20-24-7-10-27(47-2)16-32(24)49-4)21-25-8-11-28(48-3)17-33(25)50-5/h6-17,19,22,35,42H,20-21H2,1-5H3,(H,44,46)/b34-14-,42-37?/t22-/m1/s1. The highest BCUT2D eigenvalue weighted by atomic mass is 19.3. The third-order valence-electron chi connectivity index (χ3n) is 7.71. The first-order valence-corrected chi connectivity index (χ1v) is 15.4. The molecule has 0 aliphatic rings. The Hall–Kier alpha value is -6.23. The predicted octanol–water partition coefficient (Wildman–Crippen LogP) is 7.29. The number of aromatic nitrogens is 1. The summed E-state index contributed by atoms with van der Waals surface area (Å²) in [6.45, 7) is 1.47. The van der Waals surface area contributed by atoms with Gasteiger partial charge in [-0.25, -0.2) is 18.2 Å². The van der Waals surface area contributed by atoms with Crippen LogP contribution in [0.25, 0.3) is 0 Å². The molecule has 0 saturated heterocycles. The Kier molecular flexibility index (Phi) is 12.8. The highest BCUT2D eigenvalue weighted by Gasteiger charge is 2.24. The van der Waals surface area contributed by atoms with E-state index in [1.165, 1.54) is 70.7 Å². The number of carbonyl (C=O) groups excluding carboxylic acids is 1. The van der Waals surface area contributed by atoms with Gasteiger partial charge in [0.05, 0.1) is 47.1 Å². The number of methoxy groups -OCH3 is 4. The first kappa shape index (κ1) is 37.6. The summed E-state index contributed by atoms with van der Waals surface area (Å²) in [5.74, 6) is -1.26. The number of alkyl halides is 2. The number of anilines is 1. The van der Waals surface area contributed by atoms with E-state index in [9.17, 15) is 13.6 Å². The maximum atomic E-state index is 15.0. The van der Waals surface area contributed by atoms with Crippen molar-refractivity contribution in [3.05, 3.63) is 119 Å². The zero-order valence-electron chi connectivity index (χ0n) is 28.5. The number of rotatable bonds is 14. The van der Waals surface area contributed by atoms with Gasteiger partial charge < -0.3 is 33.9 Å². The van der Waals surface area contributed by atoms with E-state index >= 15 is 4.39 Å². The van der Waals surface area contributed by atoms with E-state index in [2.05, 4.69) is 10.3 Å². The Balaban J connectivity index is 1.62. The molecule has 0 unspecified atom stereocenters. The van der Waals surface area contributed by atoms with Crippen LogP contribution in [-0.2, 0) is 17.8 Å². The summed E-state index contributed by atoms with van der Waals surface area (Å²) < 4.78 is 71.2. The summed E-state index contributed by atoms with van der Waals surface area (Å²) in [7, 11) is 5.96. The maximum Gasteiger partial charge on any atom is 0.295 e. The van der Waals surface area contributed by atoms with E-state index in [4.69, 9.17) is 34.4 Å². The van der Waals surface area contributed by atoms with Crippen LogP contribution in [0.5, 0.6) is 23.0 Å². The lowest BCUT2D eigenvalue weighted by molar-refractivity contribution is 0.102. The van der Waals surface area contributed by atoms with Crippen LogP contribution in [0.2, 0.25) is 0 Å². The van der Waals surface area contributed by atoms with Crippen LogP contribution in [0.4, 0.5) is 18.9 Å². The Morgan fingerprint density at radius 2 is 1.53 bits per heavy atom. The molecule has 51 heavy (non-hydrogen) atoms. The van der Waals surface area contributed by atoms with Gasteiger partial charge in [0.15, 0.2) is 5.76 Å². The van der Waals surface area contributed by atoms with E-state index in [0.717, 1.165) is 12.1 Å². The molecule has 11 nitrogen and oxygen atoms in total. The normalized spacial score (nSPS) is 11.6. The highest BCUT2D eigenvalue weighted by Crippen LogP contribution is 2.31. The van der Waals surface area contributed by atoms with Gasteiger partial charge >= 0.3 is 0 Å². The van der Waals surface area contributed by atoms with Crippen LogP contribution in [0.1, 0.15) is 45.6 Å². The van der Waals surface area contributed by atoms with E-state index in [1.54, 1.807) is 36.4 Å². The molecule has 14 heteroatoms. The average Bonchev–Trinajstić information content (AvgIpc) is 3.14. The molecule has 3 aromatic carbocycles. The van der Waals surface area contributed by atoms with Crippen LogP contribution in [0.3, 0.4) is 0 Å². The third-order valence-corrected chi connectivity index (χ3v) is 7.71. The minimum absolute atomic E-state index is 0.00226. The fourth-order valence-electron chi connectivity index (χ4n) is 5.00. The van der Waals surface area contributed by atoms with Crippen molar-refractivity contribution in [3.63, 3.8) is 0 Å². The lowest BCUT2D eigenvalue weighted by Crippen LogP contribution is -2.32. The van der Waals surface area contributed by atoms with Crippen molar-refractivity contribution < 1.29 is 41.7 Å². The summed E-state index contributed by atoms with van der Waals surface area (Å²) in [5.41, 5.74) is 1.66. The first-order chi connectivity index (χ1) is 24.5. The number of hydrogen-bond donors (Lipinski definition) is 2. The number of halogens is 3. The van der Waals surface area contributed by atoms with E-state index in [-0.39, 0.29) is 35.6 Å². The molecule has 0 aliphatic heterocycles. The summed E-state index contributed by atoms with van der Waals surface area (Å²) in [4.78, 5) is 18.0. The summed E-state index contributed by atoms with van der Waals surface area (Å²) >= 11 is 0. The van der Waals surface area contributed by atoms with Gasteiger partial charge in [-0.1, -0.05) is 6.92 Å². The smallest absolute Gasteiger partial charge is 0.295 e. The molecule has 4 rings (SSSR count). The number of allylic oxidation sites excluding steroid dienone is 2. The van der Waals surface area contributed by atoms with Crippen molar-refractivity contribution in [1.29, 1.82) is 10.7 Å². The van der Waals surface area contributed by atoms with E-state index in [1.807, 2.05) is 6.07 Å². The molecule has 0 saturated carbocycles. The third kappa shape index (κ3) is 9.69. The number of amidine groups is 1. The number of pyridine rings is 1. The van der Waals surface area contributed by atoms with Gasteiger partial charge in [-0.2, -0.15) is 5.26 Å². The van der Waals surface area contributed by atoms with Crippen molar-refractivity contribution in [1.82, 2.24) is 9.88 Å². The molecule has 1 heterocycles. The van der Waals surface area contributed by atoms with Crippen molar-refractivity contribution in [2.45, 2.75) is 32.4 Å². The Morgan fingerprint density at radius 3 is 2.02 bits per heavy atom. The van der Waals surface area contributed by atoms with Crippen LogP contribution < -0.4 is 24.3 Å². The van der Waals surface area contributed by atoms with Crippen LogP contribution in [0.15, 0.2) is 84.8 Å². The number of carbonyl (C=O) groups is 1. The molecule has 1 amide bonds. The minimum Gasteiger partial charge on any atom is -0.497 e. The van der Waals surface area contributed by atoms with E-state index in [0.29, 0.717) is 34.1 Å². The number of nitrogens with one attached hydrogen (secondary N) is 2. The van der Waals surface area contributed by atoms with Gasteiger partial charge in [-0.05, 0) is 66.2 Å². The molecule has 1 aromatic heterocycles. The Labute approximate surface area is 293 Å². The minimum atomic E-state index is -3.17. The molecule has 0 bridgehead atoms. The number of nitriles is 1. The maximum absolute atomic E-state index is 15.0. The summed E-state index contributed by atoms with van der Waals surface area (Å²) in [6.07, 6.45) is -0.913. The molecule has 0 fully saturated rings. The van der Waals surface area contributed by atoms with Crippen LogP contribution >= 0.6 is 0 Å². The second-order valence-corrected chi connectivity index (χ2v) is 11.0. The topological polar surface area (TPSA) is 139 Å². The average molecular weight is 704 g/mol. The Morgan fingerprint density at radius 1 is 0.922 bits per heavy atom. The molecule has 0 spiro atoms. The fraction of sp³-hybridized carbons (Fsp3) is 0.243. The number of benzene rings is 3. The van der Waals surface area contributed by atoms with Gasteiger partial charge in [0, 0.05) is 41.1 Å². The lowest BCUT2D eigenvalue weighted by atomic mass is 9.99. The number of hydrogen-bond acceptors (Lipinski definition) is 9. The lowest BCUT2D eigenvalue weighted by Gasteiger charge is -2.27. The van der Waals surface area contributed by atoms with Crippen molar-refractivity contribution in [3.8, 4) is 29.1 Å². The predicted molar refractivity (Wildman–Crippen MR) is 183 cm³/mol. The molecular formula is C37H36F3N5O6.